The second-order valence-corrected chi connectivity index (χ2v) is 4.34. The predicted molar refractivity (Wildman–Crippen MR) is 68.7 cm³/mol. The molecular formula is C13H20N2O2. The Hall–Kier alpha value is -1.58. The average Bonchev–Trinajstić information content (AvgIpc) is 2.30. The molecule has 1 aliphatic rings. The van der Waals surface area contributed by atoms with Crippen molar-refractivity contribution in [2.45, 2.75) is 32.6 Å². The third kappa shape index (κ3) is 5.33. The molecule has 0 saturated carbocycles. The van der Waals surface area contributed by atoms with E-state index in [2.05, 4.69) is 23.3 Å². The number of hydrogen-bond acceptors (Lipinski definition) is 3. The molecule has 1 atom stereocenters. The van der Waals surface area contributed by atoms with Crippen molar-refractivity contribution in [2.24, 2.45) is 11.0 Å². The Morgan fingerprint density at radius 1 is 1.59 bits per heavy atom. The van der Waals surface area contributed by atoms with Crippen LogP contribution in [0.5, 0.6) is 0 Å². The minimum absolute atomic E-state index is 0.0951. The third-order valence-electron chi connectivity index (χ3n) is 2.79. The van der Waals surface area contributed by atoms with Crippen molar-refractivity contribution in [1.29, 1.82) is 0 Å². The molecule has 1 rings (SSSR count). The molecule has 0 saturated heterocycles. The Morgan fingerprint density at radius 2 is 2.35 bits per heavy atom. The summed E-state index contributed by atoms with van der Waals surface area (Å²) in [5.41, 5.74) is 0.0951. The van der Waals surface area contributed by atoms with Crippen molar-refractivity contribution in [1.82, 2.24) is 5.01 Å². The molecule has 0 aromatic rings. The largest absolute Gasteiger partial charge is 0.477 e. The van der Waals surface area contributed by atoms with Gasteiger partial charge in [-0.3, -0.25) is 5.01 Å². The van der Waals surface area contributed by atoms with Crippen molar-refractivity contribution in [3.63, 3.8) is 0 Å². The molecule has 94 valence electrons. The molecule has 0 bridgehead atoms. The zero-order valence-electron chi connectivity index (χ0n) is 10.5. The van der Waals surface area contributed by atoms with Gasteiger partial charge in [0.1, 0.15) is 5.71 Å². The van der Waals surface area contributed by atoms with Gasteiger partial charge >= 0.3 is 5.97 Å². The first-order valence-electron chi connectivity index (χ1n) is 5.92. The van der Waals surface area contributed by atoms with Gasteiger partial charge in [0.05, 0.1) is 0 Å². The van der Waals surface area contributed by atoms with Crippen molar-refractivity contribution < 1.29 is 9.90 Å². The van der Waals surface area contributed by atoms with E-state index in [-0.39, 0.29) is 5.71 Å². The smallest absolute Gasteiger partial charge is 0.351 e. The zero-order valence-corrected chi connectivity index (χ0v) is 10.5. The lowest BCUT2D eigenvalue weighted by Gasteiger charge is -2.15. The van der Waals surface area contributed by atoms with Gasteiger partial charge in [0, 0.05) is 13.2 Å². The summed E-state index contributed by atoms with van der Waals surface area (Å²) in [5.74, 6) is -0.267. The third-order valence-corrected chi connectivity index (χ3v) is 2.79. The Labute approximate surface area is 102 Å². The number of carbonyl (C=O) groups is 1. The summed E-state index contributed by atoms with van der Waals surface area (Å²) >= 11 is 0. The predicted octanol–water partition coefficient (Wildman–Crippen LogP) is 2.64. The summed E-state index contributed by atoms with van der Waals surface area (Å²) < 4.78 is 0. The number of allylic oxidation sites excluding steroid dienone is 3. The second kappa shape index (κ2) is 6.89. The van der Waals surface area contributed by atoms with Gasteiger partial charge in [-0.15, -0.1) is 0 Å². The molecule has 4 heteroatoms. The first-order chi connectivity index (χ1) is 8.09. The Kier molecular flexibility index (Phi) is 5.46. The molecule has 0 spiro atoms. The van der Waals surface area contributed by atoms with E-state index in [1.165, 1.54) is 19.8 Å². The average molecular weight is 236 g/mol. The van der Waals surface area contributed by atoms with Gasteiger partial charge in [0.25, 0.3) is 0 Å². The fraction of sp³-hybridized carbons (Fsp3) is 0.538. The molecule has 1 aliphatic carbocycles. The topological polar surface area (TPSA) is 52.9 Å². The summed E-state index contributed by atoms with van der Waals surface area (Å²) in [4.78, 5) is 10.6. The minimum atomic E-state index is -0.984. The summed E-state index contributed by atoms with van der Waals surface area (Å²) in [5, 5.41) is 14.1. The maximum absolute atomic E-state index is 10.6. The van der Waals surface area contributed by atoms with E-state index in [1.54, 1.807) is 12.1 Å². The van der Waals surface area contributed by atoms with Gasteiger partial charge in [0.2, 0.25) is 0 Å². The van der Waals surface area contributed by atoms with E-state index in [9.17, 15) is 4.79 Å². The van der Waals surface area contributed by atoms with E-state index in [0.29, 0.717) is 5.92 Å². The Balaban J connectivity index is 2.35. The lowest BCUT2D eigenvalue weighted by molar-refractivity contribution is -0.129. The van der Waals surface area contributed by atoms with Gasteiger partial charge in [-0.25, -0.2) is 4.79 Å². The number of rotatable bonds is 5. The maximum Gasteiger partial charge on any atom is 0.351 e. The highest BCUT2D eigenvalue weighted by Crippen LogP contribution is 2.21. The van der Waals surface area contributed by atoms with Crippen LogP contribution in [0.4, 0.5) is 0 Å². The van der Waals surface area contributed by atoms with Crippen LogP contribution in [0.3, 0.4) is 0 Å². The summed E-state index contributed by atoms with van der Waals surface area (Å²) in [7, 11) is 1.74. The van der Waals surface area contributed by atoms with Crippen molar-refractivity contribution in [3.8, 4) is 0 Å². The molecule has 1 N–H and O–H groups in total. The number of aliphatic carboxylic acids is 1. The van der Waals surface area contributed by atoms with Crippen molar-refractivity contribution >= 4 is 11.7 Å². The zero-order chi connectivity index (χ0) is 12.7. The van der Waals surface area contributed by atoms with E-state index >= 15 is 0 Å². The molecule has 0 aromatic carbocycles. The fourth-order valence-corrected chi connectivity index (χ4v) is 1.79. The lowest BCUT2D eigenvalue weighted by atomic mass is 9.92. The highest BCUT2D eigenvalue weighted by Gasteiger charge is 2.07. The monoisotopic (exact) mass is 236 g/mol. The lowest BCUT2D eigenvalue weighted by Crippen LogP contribution is -2.13. The van der Waals surface area contributed by atoms with Crippen LogP contribution in [0, 0.1) is 5.92 Å². The maximum atomic E-state index is 10.6. The molecule has 0 radical (unpaired) electrons. The summed E-state index contributed by atoms with van der Waals surface area (Å²) in [6, 6.07) is 0. The van der Waals surface area contributed by atoms with E-state index < -0.39 is 5.97 Å². The summed E-state index contributed by atoms with van der Waals surface area (Å²) in [6.07, 6.45) is 12.9. The van der Waals surface area contributed by atoms with E-state index in [1.807, 2.05) is 6.20 Å². The fourth-order valence-electron chi connectivity index (χ4n) is 1.79. The molecule has 0 aromatic heterocycles. The quantitative estimate of drug-likeness (QED) is 0.453. The van der Waals surface area contributed by atoms with Crippen LogP contribution in [-0.4, -0.2) is 28.8 Å². The first kappa shape index (κ1) is 13.5. The van der Waals surface area contributed by atoms with Gasteiger partial charge in [-0.05, 0) is 38.5 Å². The summed E-state index contributed by atoms with van der Waals surface area (Å²) in [6.45, 7) is 1.48. The molecule has 17 heavy (non-hydrogen) atoms. The molecule has 0 amide bonds. The highest BCUT2D eigenvalue weighted by molar-refractivity contribution is 6.34. The Morgan fingerprint density at radius 3 is 2.94 bits per heavy atom. The normalized spacial score (nSPS) is 20.8. The number of carboxylic acid groups (broad SMARTS) is 1. The Bertz CT molecular complexity index is 345. The second-order valence-electron chi connectivity index (χ2n) is 4.34. The van der Waals surface area contributed by atoms with Crippen LogP contribution < -0.4 is 0 Å². The molecule has 1 unspecified atom stereocenters. The van der Waals surface area contributed by atoms with Crippen molar-refractivity contribution in [2.75, 3.05) is 7.05 Å². The molecular weight excluding hydrogens is 216 g/mol. The van der Waals surface area contributed by atoms with Gasteiger partial charge in [-0.1, -0.05) is 18.2 Å². The van der Waals surface area contributed by atoms with Crippen LogP contribution in [0.15, 0.2) is 29.5 Å². The van der Waals surface area contributed by atoms with Gasteiger partial charge in [-0.2, -0.15) is 5.10 Å². The molecule has 4 nitrogen and oxygen atoms in total. The number of carboxylic acids is 1. The van der Waals surface area contributed by atoms with Crippen LogP contribution in [0.2, 0.25) is 0 Å². The van der Waals surface area contributed by atoms with Crippen LogP contribution >= 0.6 is 0 Å². The number of hydrazone groups is 1. The van der Waals surface area contributed by atoms with Gasteiger partial charge < -0.3 is 5.11 Å². The van der Waals surface area contributed by atoms with Crippen molar-refractivity contribution in [3.05, 3.63) is 24.4 Å². The van der Waals surface area contributed by atoms with E-state index in [4.69, 9.17) is 5.11 Å². The molecule has 0 heterocycles. The van der Waals surface area contributed by atoms with E-state index in [0.717, 1.165) is 12.8 Å². The molecule has 0 aliphatic heterocycles. The van der Waals surface area contributed by atoms with Gasteiger partial charge in [0.15, 0.2) is 0 Å². The minimum Gasteiger partial charge on any atom is -0.477 e. The number of nitrogens with zero attached hydrogens (tertiary/aromatic N) is 2. The standard InChI is InChI=1S/C13H20N2O2/c1-11(13(16)17)14-15(2)10-6-9-12-7-4-3-5-8-12/h3-4,6,10,12H,5,7-9H2,1-2H3,(H,16,17). The van der Waals surface area contributed by atoms with Crippen LogP contribution in [0.25, 0.3) is 0 Å². The number of hydrogen-bond donors (Lipinski definition) is 1. The molecule has 0 fully saturated rings. The highest BCUT2D eigenvalue weighted by atomic mass is 16.4. The van der Waals surface area contributed by atoms with Crippen LogP contribution in [0.1, 0.15) is 32.6 Å². The SMILES string of the molecule is CC(=NN(C)C=CCC1CC=CCC1)C(=O)O. The first-order valence-corrected chi connectivity index (χ1v) is 5.92. The van der Waals surface area contributed by atoms with Crippen LogP contribution in [-0.2, 0) is 4.79 Å².